The van der Waals surface area contributed by atoms with Crippen LogP contribution in [-0.2, 0) is 0 Å². The van der Waals surface area contributed by atoms with Gasteiger partial charge in [-0.3, -0.25) is 0 Å². The van der Waals surface area contributed by atoms with Gasteiger partial charge in [-0.15, -0.1) is 0 Å². The first-order chi connectivity index (χ1) is 8.12. The number of hydrogen-bond donors (Lipinski definition) is 3. The Hall–Kier alpha value is 0.314. The third-order valence-corrected chi connectivity index (χ3v) is 6.00. The van der Waals surface area contributed by atoms with Gasteiger partial charge in [0.05, 0.1) is 0 Å². The van der Waals surface area contributed by atoms with E-state index in [1.54, 1.807) is 0 Å². The van der Waals surface area contributed by atoms with Gasteiger partial charge in [0.25, 0.3) is 0 Å². The van der Waals surface area contributed by atoms with Crippen molar-refractivity contribution in [2.45, 2.75) is 57.7 Å². The molecule has 0 rings (SSSR count). The molecule has 0 saturated carbocycles. The Morgan fingerprint density at radius 3 is 1.44 bits per heavy atom. The summed E-state index contributed by atoms with van der Waals surface area (Å²) in [6.45, 7) is 13.4. The van der Waals surface area contributed by atoms with Crippen molar-refractivity contribution < 1.29 is 4.80 Å². The Balaban J connectivity index is 0. The van der Waals surface area contributed by atoms with Crippen LogP contribution in [0.1, 0.15) is 12.8 Å². The molecular weight excluding hydrogens is 256 g/mol. The monoisotopic (exact) mass is 292 g/mol. The molecule has 0 aliphatic heterocycles. The minimum atomic E-state index is -1.73. The summed E-state index contributed by atoms with van der Waals surface area (Å²) in [5, 5.41) is 6.21. The maximum Gasteiger partial charge on any atom is 0.182 e. The fourth-order valence-electron chi connectivity index (χ4n) is 1.49. The summed E-state index contributed by atoms with van der Waals surface area (Å²) in [5.41, 5.74) is 0. The van der Waals surface area contributed by atoms with E-state index in [4.69, 9.17) is 0 Å². The molecular formula is C13H36N2OSi2. The van der Waals surface area contributed by atoms with Crippen LogP contribution in [0.2, 0.25) is 44.8 Å². The van der Waals surface area contributed by atoms with E-state index in [1.165, 1.54) is 19.0 Å². The van der Waals surface area contributed by atoms with Gasteiger partial charge in [0.15, 0.2) is 8.32 Å². The van der Waals surface area contributed by atoms with E-state index in [9.17, 15) is 4.80 Å². The van der Waals surface area contributed by atoms with Crippen LogP contribution >= 0.6 is 0 Å². The van der Waals surface area contributed by atoms with Crippen molar-refractivity contribution in [3.8, 4) is 0 Å². The van der Waals surface area contributed by atoms with Crippen molar-refractivity contribution in [2.24, 2.45) is 0 Å². The van der Waals surface area contributed by atoms with Crippen LogP contribution in [0, 0.1) is 0 Å². The van der Waals surface area contributed by atoms with Gasteiger partial charge in [0.2, 0.25) is 0 Å². The Kier molecular flexibility index (Phi) is 12.8. The minimum Gasteiger partial charge on any atom is -0.432 e. The lowest BCUT2D eigenvalue weighted by atomic mass is 10.5. The molecule has 0 aliphatic carbocycles. The van der Waals surface area contributed by atoms with Crippen LogP contribution < -0.4 is 10.6 Å². The molecule has 0 atom stereocenters. The summed E-state index contributed by atoms with van der Waals surface area (Å²) >= 11 is 0. The molecule has 18 heavy (non-hydrogen) atoms. The molecule has 112 valence electrons. The second-order valence-electron chi connectivity index (χ2n) is 6.79. The molecule has 0 saturated heterocycles. The van der Waals surface area contributed by atoms with Crippen LogP contribution in [0.15, 0.2) is 0 Å². The lowest BCUT2D eigenvalue weighted by Crippen LogP contribution is -2.25. The summed E-state index contributed by atoms with van der Waals surface area (Å²) in [5.74, 6) is 0. The third-order valence-electron chi connectivity index (χ3n) is 2.57. The largest absolute Gasteiger partial charge is 0.432 e. The average molecular weight is 293 g/mol. The Bertz CT molecular complexity index is 157. The van der Waals surface area contributed by atoms with Gasteiger partial charge in [0, 0.05) is 8.07 Å². The molecule has 0 bridgehead atoms. The smallest absolute Gasteiger partial charge is 0.182 e. The van der Waals surface area contributed by atoms with Crippen molar-refractivity contribution in [2.75, 3.05) is 27.2 Å². The molecule has 3 N–H and O–H groups in total. The zero-order chi connectivity index (χ0) is 14.7. The molecule has 0 radical (unpaired) electrons. The van der Waals surface area contributed by atoms with E-state index >= 15 is 0 Å². The summed E-state index contributed by atoms with van der Waals surface area (Å²) in [4.78, 5) is 9.36. The van der Waals surface area contributed by atoms with Crippen LogP contribution in [0.3, 0.4) is 0 Å². The van der Waals surface area contributed by atoms with Crippen molar-refractivity contribution in [1.29, 1.82) is 0 Å². The second kappa shape index (κ2) is 11.2. The van der Waals surface area contributed by atoms with Crippen LogP contribution in [0.5, 0.6) is 0 Å². The van der Waals surface area contributed by atoms with Gasteiger partial charge in [-0.25, -0.2) is 0 Å². The van der Waals surface area contributed by atoms with Gasteiger partial charge in [0.1, 0.15) is 0 Å². The Morgan fingerprint density at radius 1 is 0.778 bits per heavy atom. The highest BCUT2D eigenvalue weighted by molar-refractivity contribution is 6.76. The maximum atomic E-state index is 9.36. The highest BCUT2D eigenvalue weighted by Gasteiger charge is 2.14. The number of nitrogens with one attached hydrogen (secondary N) is 2. The predicted octanol–water partition coefficient (Wildman–Crippen LogP) is 2.73. The lowest BCUT2D eigenvalue weighted by Gasteiger charge is -2.14. The molecule has 0 amide bonds. The topological polar surface area (TPSA) is 44.3 Å². The summed E-state index contributed by atoms with van der Waals surface area (Å²) < 4.78 is 0. The molecule has 0 aliphatic rings. The highest BCUT2D eigenvalue weighted by atomic mass is 28.4. The normalized spacial score (nSPS) is 12.0. The summed E-state index contributed by atoms with van der Waals surface area (Å²) in [6, 6.07) is 2.46. The zero-order valence-electron chi connectivity index (χ0n) is 13.7. The van der Waals surface area contributed by atoms with E-state index < -0.39 is 16.4 Å². The van der Waals surface area contributed by atoms with Gasteiger partial charge in [-0.2, -0.15) is 0 Å². The van der Waals surface area contributed by atoms with E-state index in [0.29, 0.717) is 0 Å². The first-order valence-electron chi connectivity index (χ1n) is 7.14. The van der Waals surface area contributed by atoms with E-state index in [2.05, 4.69) is 30.3 Å². The zero-order valence-corrected chi connectivity index (χ0v) is 15.7. The molecule has 0 aromatic rings. The SMILES string of the molecule is CNCCC[Si](C)(C)C.CNCCC[Si](C)(C)O. The van der Waals surface area contributed by atoms with Gasteiger partial charge < -0.3 is 15.4 Å². The standard InChI is InChI=1S/C7H19NSi.C6H17NOSi/c1-8-6-5-7-9(2,3)4;1-7-5-4-6-9(2,3)8/h8H,5-7H2,1-4H3;7-8H,4-6H2,1-3H3. The fourth-order valence-corrected chi connectivity index (χ4v) is 3.77. The van der Waals surface area contributed by atoms with Gasteiger partial charge in [-0.1, -0.05) is 25.7 Å². The Morgan fingerprint density at radius 2 is 1.17 bits per heavy atom. The van der Waals surface area contributed by atoms with Crippen LogP contribution in [0.4, 0.5) is 0 Å². The lowest BCUT2D eigenvalue weighted by molar-refractivity contribution is 0.542. The molecule has 0 unspecified atom stereocenters. The Labute approximate surface area is 117 Å². The molecule has 0 heterocycles. The summed E-state index contributed by atoms with van der Waals surface area (Å²) in [6.07, 6.45) is 2.46. The molecule has 0 fully saturated rings. The van der Waals surface area contributed by atoms with Crippen molar-refractivity contribution >= 4 is 16.4 Å². The average Bonchev–Trinajstić information content (AvgIpc) is 2.16. The predicted molar refractivity (Wildman–Crippen MR) is 89.7 cm³/mol. The van der Waals surface area contributed by atoms with Gasteiger partial charge >= 0.3 is 0 Å². The van der Waals surface area contributed by atoms with Gasteiger partial charge in [-0.05, 0) is 59.2 Å². The van der Waals surface area contributed by atoms with E-state index in [1.807, 2.05) is 27.2 Å². The maximum absolute atomic E-state index is 9.36. The molecule has 5 heteroatoms. The van der Waals surface area contributed by atoms with E-state index in [-0.39, 0.29) is 0 Å². The van der Waals surface area contributed by atoms with Crippen LogP contribution in [0.25, 0.3) is 0 Å². The van der Waals surface area contributed by atoms with Crippen molar-refractivity contribution in [3.63, 3.8) is 0 Å². The van der Waals surface area contributed by atoms with Crippen LogP contribution in [-0.4, -0.2) is 48.4 Å². The first kappa shape index (κ1) is 20.6. The highest BCUT2D eigenvalue weighted by Crippen LogP contribution is 2.09. The molecule has 3 nitrogen and oxygen atoms in total. The molecule has 0 aromatic heterocycles. The minimum absolute atomic E-state index is 0.734. The van der Waals surface area contributed by atoms with Crippen molar-refractivity contribution in [1.82, 2.24) is 10.6 Å². The molecule has 0 spiro atoms. The number of hydrogen-bond acceptors (Lipinski definition) is 3. The third kappa shape index (κ3) is 25.2. The summed E-state index contributed by atoms with van der Waals surface area (Å²) in [7, 11) is 1.49. The van der Waals surface area contributed by atoms with E-state index in [0.717, 1.165) is 19.0 Å². The first-order valence-corrected chi connectivity index (χ1v) is 14.0. The molecule has 0 aromatic carbocycles. The number of rotatable bonds is 8. The fraction of sp³-hybridized carbons (Fsp3) is 1.00. The quantitative estimate of drug-likeness (QED) is 0.476. The van der Waals surface area contributed by atoms with Crippen molar-refractivity contribution in [3.05, 3.63) is 0 Å². The second-order valence-corrected chi connectivity index (χ2v) is 16.5.